The van der Waals surface area contributed by atoms with Gasteiger partial charge in [-0.25, -0.2) is 9.67 Å². The molecule has 5 rings (SSSR count). The van der Waals surface area contributed by atoms with Gasteiger partial charge in [0.2, 0.25) is 0 Å². The molecular formula is C28H30F3N5O2. The van der Waals surface area contributed by atoms with Crippen LogP contribution in [-0.2, 0) is 17.3 Å². The lowest BCUT2D eigenvalue weighted by Gasteiger charge is -2.36. The van der Waals surface area contributed by atoms with E-state index in [1.165, 1.54) is 22.5 Å². The van der Waals surface area contributed by atoms with E-state index < -0.39 is 11.7 Å². The summed E-state index contributed by atoms with van der Waals surface area (Å²) in [5.74, 6) is 0.0767. The van der Waals surface area contributed by atoms with Gasteiger partial charge in [-0.3, -0.25) is 14.7 Å². The van der Waals surface area contributed by atoms with Crippen molar-refractivity contribution in [3.8, 4) is 5.82 Å². The molecule has 0 radical (unpaired) electrons. The van der Waals surface area contributed by atoms with Crippen LogP contribution in [0.1, 0.15) is 57.7 Å². The van der Waals surface area contributed by atoms with Crippen molar-refractivity contribution in [3.05, 3.63) is 76.5 Å². The van der Waals surface area contributed by atoms with Gasteiger partial charge in [-0.05, 0) is 61.9 Å². The number of ether oxygens (including phenoxy) is 1. The molecule has 1 fully saturated rings. The molecule has 200 valence electrons. The summed E-state index contributed by atoms with van der Waals surface area (Å²) in [7, 11) is 0. The Morgan fingerprint density at radius 3 is 2.53 bits per heavy atom. The van der Waals surface area contributed by atoms with Crippen LogP contribution < -0.4 is 0 Å². The van der Waals surface area contributed by atoms with Crippen LogP contribution in [0.2, 0.25) is 0 Å². The summed E-state index contributed by atoms with van der Waals surface area (Å²) in [5, 5.41) is 4.19. The first-order chi connectivity index (χ1) is 18.2. The van der Waals surface area contributed by atoms with E-state index in [0.29, 0.717) is 17.3 Å². The zero-order valence-corrected chi connectivity index (χ0v) is 21.5. The quantitative estimate of drug-likeness (QED) is 0.422. The van der Waals surface area contributed by atoms with Crippen LogP contribution >= 0.6 is 0 Å². The standard InChI is InChI=1S/C28H30F3N5O2/c1-18-13-20(15-33-27(18)21-3-6-23(7-4-21)35-9-11-38-12-10-35)14-25(37)24-17-34-36(19(24)2)26-8-5-22(16-32-26)28(29,30)31/h3,5,8,13,15-17,23H,4,6-7,9-12,14H2,1-2H3. The molecule has 0 bridgehead atoms. The largest absolute Gasteiger partial charge is 0.417 e. The number of aryl methyl sites for hydroxylation is 1. The number of carbonyl (C=O) groups is 1. The van der Waals surface area contributed by atoms with Crippen LogP contribution in [0.15, 0.2) is 42.9 Å². The molecule has 1 saturated heterocycles. The first kappa shape index (κ1) is 26.2. The Morgan fingerprint density at radius 1 is 1.11 bits per heavy atom. The second-order valence-electron chi connectivity index (χ2n) is 9.87. The fourth-order valence-corrected chi connectivity index (χ4v) is 5.25. The molecule has 0 aromatic carbocycles. The molecule has 1 aliphatic heterocycles. The first-order valence-electron chi connectivity index (χ1n) is 12.8. The van der Waals surface area contributed by atoms with Gasteiger partial charge in [0.25, 0.3) is 0 Å². The van der Waals surface area contributed by atoms with Gasteiger partial charge in [0.05, 0.1) is 41.9 Å². The van der Waals surface area contributed by atoms with Crippen molar-refractivity contribution in [2.24, 2.45) is 0 Å². The van der Waals surface area contributed by atoms with E-state index in [9.17, 15) is 18.0 Å². The molecular weight excluding hydrogens is 495 g/mol. The number of ketones is 1. The van der Waals surface area contributed by atoms with E-state index in [1.807, 2.05) is 13.0 Å². The van der Waals surface area contributed by atoms with Gasteiger partial charge < -0.3 is 4.74 Å². The fourth-order valence-electron chi connectivity index (χ4n) is 5.25. The van der Waals surface area contributed by atoms with Gasteiger partial charge in [-0.15, -0.1) is 0 Å². The van der Waals surface area contributed by atoms with Gasteiger partial charge in [-0.2, -0.15) is 18.3 Å². The Morgan fingerprint density at radius 2 is 1.89 bits per heavy atom. The third-order valence-electron chi connectivity index (χ3n) is 7.35. The molecule has 0 spiro atoms. The van der Waals surface area contributed by atoms with Gasteiger partial charge in [-0.1, -0.05) is 12.1 Å². The molecule has 38 heavy (non-hydrogen) atoms. The summed E-state index contributed by atoms with van der Waals surface area (Å²) < 4.78 is 45.4. The molecule has 4 heterocycles. The highest BCUT2D eigenvalue weighted by molar-refractivity contribution is 5.98. The summed E-state index contributed by atoms with van der Waals surface area (Å²) in [6, 6.07) is 4.76. The number of allylic oxidation sites excluding steroid dienone is 1. The van der Waals surface area contributed by atoms with Crippen molar-refractivity contribution in [2.75, 3.05) is 26.3 Å². The predicted molar refractivity (Wildman–Crippen MR) is 136 cm³/mol. The second-order valence-corrected chi connectivity index (χ2v) is 9.87. The number of halogens is 3. The van der Waals surface area contributed by atoms with Crippen LogP contribution in [0.5, 0.6) is 0 Å². The van der Waals surface area contributed by atoms with E-state index >= 15 is 0 Å². The number of hydrogen-bond donors (Lipinski definition) is 0. The molecule has 1 unspecified atom stereocenters. The number of aromatic nitrogens is 4. The number of carbonyl (C=O) groups excluding carboxylic acids is 1. The fraction of sp³-hybridized carbons (Fsp3) is 0.429. The Hall–Kier alpha value is -3.37. The minimum atomic E-state index is -4.47. The molecule has 2 aliphatic rings. The minimum Gasteiger partial charge on any atom is -0.379 e. The van der Waals surface area contributed by atoms with Crippen LogP contribution in [0.4, 0.5) is 13.2 Å². The lowest BCUT2D eigenvalue weighted by molar-refractivity contribution is -0.137. The topological polar surface area (TPSA) is 73.1 Å². The van der Waals surface area contributed by atoms with Crippen molar-refractivity contribution in [3.63, 3.8) is 0 Å². The van der Waals surface area contributed by atoms with E-state index in [-0.39, 0.29) is 18.0 Å². The van der Waals surface area contributed by atoms with Gasteiger partial charge in [0, 0.05) is 37.9 Å². The third kappa shape index (κ3) is 5.56. The molecule has 1 aliphatic carbocycles. The Labute approximate surface area is 219 Å². The molecule has 0 amide bonds. The number of nitrogens with zero attached hydrogens (tertiary/aromatic N) is 5. The number of alkyl halides is 3. The SMILES string of the molecule is Cc1cc(CC(=O)c2cnn(-c3ccc(C(F)(F)F)cn3)c2C)cnc1C1=CCC(N2CCOCC2)CC1. The maximum Gasteiger partial charge on any atom is 0.417 e. The molecule has 1 atom stereocenters. The highest BCUT2D eigenvalue weighted by atomic mass is 19.4. The third-order valence-corrected chi connectivity index (χ3v) is 7.35. The average Bonchev–Trinajstić information content (AvgIpc) is 3.30. The van der Waals surface area contributed by atoms with Crippen LogP contribution in [0.25, 0.3) is 11.4 Å². The van der Waals surface area contributed by atoms with Crippen LogP contribution in [0.3, 0.4) is 0 Å². The number of morpholine rings is 1. The summed E-state index contributed by atoms with van der Waals surface area (Å²) >= 11 is 0. The van der Waals surface area contributed by atoms with Gasteiger partial charge >= 0.3 is 6.18 Å². The molecule has 10 heteroatoms. The van der Waals surface area contributed by atoms with Crippen molar-refractivity contribution in [1.82, 2.24) is 24.6 Å². The highest BCUT2D eigenvalue weighted by Crippen LogP contribution is 2.31. The zero-order valence-electron chi connectivity index (χ0n) is 21.5. The number of hydrogen-bond acceptors (Lipinski definition) is 6. The lowest BCUT2D eigenvalue weighted by atomic mass is 9.90. The average molecular weight is 526 g/mol. The predicted octanol–water partition coefficient (Wildman–Crippen LogP) is 4.99. The van der Waals surface area contributed by atoms with Crippen molar-refractivity contribution in [1.29, 1.82) is 0 Å². The molecule has 0 saturated carbocycles. The normalized spacial score (nSPS) is 18.9. The van der Waals surface area contributed by atoms with Gasteiger partial charge in [0.1, 0.15) is 0 Å². The molecule has 0 N–H and O–H groups in total. The smallest absolute Gasteiger partial charge is 0.379 e. The number of Topliss-reactive ketones (excluding diaryl/α,β-unsaturated/α-hetero) is 1. The maximum absolute atomic E-state index is 13.1. The molecule has 3 aromatic heterocycles. The Kier molecular flexibility index (Phi) is 7.45. The summed E-state index contributed by atoms with van der Waals surface area (Å²) in [4.78, 5) is 24.2. The Balaban J connectivity index is 1.25. The van der Waals surface area contributed by atoms with Crippen LogP contribution in [-0.4, -0.2) is 62.8 Å². The molecule has 3 aromatic rings. The monoisotopic (exact) mass is 525 g/mol. The maximum atomic E-state index is 13.1. The first-order valence-corrected chi connectivity index (χ1v) is 12.8. The van der Waals surface area contributed by atoms with Crippen molar-refractivity contribution in [2.45, 2.75) is 51.7 Å². The van der Waals surface area contributed by atoms with E-state index in [4.69, 9.17) is 9.72 Å². The highest BCUT2D eigenvalue weighted by Gasteiger charge is 2.31. The zero-order chi connectivity index (χ0) is 26.9. The van der Waals surface area contributed by atoms with Crippen molar-refractivity contribution < 1.29 is 22.7 Å². The van der Waals surface area contributed by atoms with Crippen LogP contribution in [0, 0.1) is 13.8 Å². The van der Waals surface area contributed by atoms with Gasteiger partial charge in [0.15, 0.2) is 11.6 Å². The Bertz CT molecular complexity index is 1340. The minimum absolute atomic E-state index is 0.139. The van der Waals surface area contributed by atoms with E-state index in [0.717, 1.165) is 74.6 Å². The lowest BCUT2D eigenvalue weighted by Crippen LogP contribution is -2.43. The molecule has 7 nitrogen and oxygen atoms in total. The number of rotatable bonds is 6. The summed E-state index contributed by atoms with van der Waals surface area (Å²) in [6.07, 6.45) is 5.03. The number of pyridine rings is 2. The second kappa shape index (κ2) is 10.8. The van der Waals surface area contributed by atoms with E-state index in [1.54, 1.807) is 13.1 Å². The summed E-state index contributed by atoms with van der Waals surface area (Å²) in [5.41, 5.74) is 4.16. The van der Waals surface area contributed by atoms with Crippen molar-refractivity contribution >= 4 is 11.4 Å². The summed E-state index contributed by atoms with van der Waals surface area (Å²) in [6.45, 7) is 7.32. The van der Waals surface area contributed by atoms with E-state index in [2.05, 4.69) is 21.1 Å².